The molecule has 0 spiro atoms. The van der Waals surface area contributed by atoms with Gasteiger partial charge in [0.2, 0.25) is 12.7 Å². The second-order valence-corrected chi connectivity index (χ2v) is 7.96. The van der Waals surface area contributed by atoms with Gasteiger partial charge >= 0.3 is 6.03 Å². The zero-order valence-electron chi connectivity index (χ0n) is 17.7. The molecular weight excluding hydrogens is 398 g/mol. The standard InChI is InChI=1S/C23H25N3O5/c1-4-14(2)16-7-5-6-8-17(16)24-20(27)12-26-21(28)23(3,25-22(26)29)15-9-10-18-19(11-15)31-13-30-18/h5-11,14H,4,12-13H2,1-3H3,(H,24,27)(H,25,29)/t14-,23+/m0/s1. The van der Waals surface area contributed by atoms with E-state index >= 15 is 0 Å². The molecule has 2 aromatic carbocycles. The van der Waals surface area contributed by atoms with E-state index in [2.05, 4.69) is 24.5 Å². The summed E-state index contributed by atoms with van der Waals surface area (Å²) in [4.78, 5) is 39.4. The van der Waals surface area contributed by atoms with Crippen LogP contribution in [0.15, 0.2) is 42.5 Å². The molecule has 2 heterocycles. The third kappa shape index (κ3) is 3.69. The van der Waals surface area contributed by atoms with Gasteiger partial charge in [-0.25, -0.2) is 4.79 Å². The van der Waals surface area contributed by atoms with E-state index < -0.39 is 23.4 Å². The van der Waals surface area contributed by atoms with Crippen LogP contribution in [0.2, 0.25) is 0 Å². The second-order valence-electron chi connectivity index (χ2n) is 7.96. The topological polar surface area (TPSA) is 97.0 Å². The second kappa shape index (κ2) is 7.94. The first-order chi connectivity index (χ1) is 14.8. The van der Waals surface area contributed by atoms with Crippen LogP contribution in [-0.4, -0.2) is 36.1 Å². The number of nitrogens with zero attached hydrogens (tertiary/aromatic N) is 1. The molecule has 0 unspecified atom stereocenters. The van der Waals surface area contributed by atoms with Crippen molar-refractivity contribution in [3.63, 3.8) is 0 Å². The number of rotatable bonds is 6. The van der Waals surface area contributed by atoms with E-state index in [9.17, 15) is 14.4 Å². The fourth-order valence-corrected chi connectivity index (χ4v) is 3.84. The van der Waals surface area contributed by atoms with Crippen molar-refractivity contribution in [3.8, 4) is 11.5 Å². The molecule has 2 aliphatic heterocycles. The summed E-state index contributed by atoms with van der Waals surface area (Å²) in [6.45, 7) is 5.51. The highest BCUT2D eigenvalue weighted by atomic mass is 16.7. The summed E-state index contributed by atoms with van der Waals surface area (Å²) >= 11 is 0. The molecule has 1 fully saturated rings. The van der Waals surface area contributed by atoms with Gasteiger partial charge in [-0.2, -0.15) is 0 Å². The Balaban J connectivity index is 1.50. The third-order valence-corrected chi connectivity index (χ3v) is 5.90. The minimum Gasteiger partial charge on any atom is -0.454 e. The van der Waals surface area contributed by atoms with E-state index in [4.69, 9.17) is 9.47 Å². The molecule has 31 heavy (non-hydrogen) atoms. The molecule has 8 nitrogen and oxygen atoms in total. The molecule has 4 amide bonds. The predicted molar refractivity (Wildman–Crippen MR) is 114 cm³/mol. The average Bonchev–Trinajstić information content (AvgIpc) is 3.32. The van der Waals surface area contributed by atoms with Crippen LogP contribution in [0.25, 0.3) is 0 Å². The van der Waals surface area contributed by atoms with E-state index in [1.807, 2.05) is 24.3 Å². The van der Waals surface area contributed by atoms with Gasteiger partial charge in [-0.05, 0) is 48.6 Å². The van der Waals surface area contributed by atoms with Crippen molar-refractivity contribution >= 4 is 23.5 Å². The van der Waals surface area contributed by atoms with Crippen LogP contribution >= 0.6 is 0 Å². The highest BCUT2D eigenvalue weighted by molar-refractivity contribution is 6.10. The predicted octanol–water partition coefficient (Wildman–Crippen LogP) is 3.33. The molecule has 2 aliphatic rings. The van der Waals surface area contributed by atoms with Gasteiger partial charge in [-0.3, -0.25) is 14.5 Å². The summed E-state index contributed by atoms with van der Waals surface area (Å²) in [5.41, 5.74) is 0.959. The monoisotopic (exact) mass is 423 g/mol. The lowest BCUT2D eigenvalue weighted by Gasteiger charge is -2.22. The number of carbonyl (C=O) groups excluding carboxylic acids is 3. The van der Waals surface area contributed by atoms with E-state index in [-0.39, 0.29) is 19.3 Å². The van der Waals surface area contributed by atoms with Crippen molar-refractivity contribution in [2.24, 2.45) is 0 Å². The van der Waals surface area contributed by atoms with Gasteiger partial charge in [0.25, 0.3) is 5.91 Å². The summed E-state index contributed by atoms with van der Waals surface area (Å²) in [7, 11) is 0. The number of hydrogen-bond acceptors (Lipinski definition) is 5. The molecule has 0 saturated carbocycles. The first-order valence-corrected chi connectivity index (χ1v) is 10.3. The number of imide groups is 1. The van der Waals surface area contributed by atoms with Crippen molar-refractivity contribution in [2.45, 2.75) is 38.6 Å². The van der Waals surface area contributed by atoms with Gasteiger partial charge in [-0.15, -0.1) is 0 Å². The number of benzene rings is 2. The lowest BCUT2D eigenvalue weighted by atomic mass is 9.91. The fourth-order valence-electron chi connectivity index (χ4n) is 3.84. The lowest BCUT2D eigenvalue weighted by molar-refractivity contribution is -0.133. The minimum atomic E-state index is -1.30. The Morgan fingerprint density at radius 3 is 2.71 bits per heavy atom. The SMILES string of the molecule is CC[C@H](C)c1ccccc1NC(=O)CN1C(=O)N[C@](C)(c2ccc3c(c2)OCO3)C1=O. The Morgan fingerprint density at radius 1 is 1.19 bits per heavy atom. The summed E-state index contributed by atoms with van der Waals surface area (Å²) in [5, 5.41) is 5.55. The number of anilines is 1. The minimum absolute atomic E-state index is 0.111. The Hall–Kier alpha value is -3.55. The molecule has 2 atom stereocenters. The molecule has 0 bridgehead atoms. The highest BCUT2D eigenvalue weighted by Gasteiger charge is 2.49. The van der Waals surface area contributed by atoms with Crippen molar-refractivity contribution < 1.29 is 23.9 Å². The third-order valence-electron chi connectivity index (χ3n) is 5.90. The molecule has 2 N–H and O–H groups in total. The number of urea groups is 1. The summed E-state index contributed by atoms with van der Waals surface area (Å²) in [5.74, 6) is 0.428. The maximum Gasteiger partial charge on any atom is 0.325 e. The van der Waals surface area contributed by atoms with Crippen LogP contribution in [0.5, 0.6) is 11.5 Å². The van der Waals surface area contributed by atoms with Crippen molar-refractivity contribution in [2.75, 3.05) is 18.7 Å². The number of ether oxygens (including phenoxy) is 2. The first kappa shape index (κ1) is 20.7. The normalized spacial score (nSPS) is 20.5. The zero-order valence-corrected chi connectivity index (χ0v) is 17.7. The largest absolute Gasteiger partial charge is 0.454 e. The molecule has 1 saturated heterocycles. The highest BCUT2D eigenvalue weighted by Crippen LogP contribution is 2.37. The Kier molecular flexibility index (Phi) is 5.31. The van der Waals surface area contributed by atoms with E-state index in [1.54, 1.807) is 25.1 Å². The number of nitrogens with one attached hydrogen (secondary N) is 2. The van der Waals surface area contributed by atoms with Gasteiger partial charge in [0.1, 0.15) is 12.1 Å². The molecule has 8 heteroatoms. The van der Waals surface area contributed by atoms with Crippen molar-refractivity contribution in [1.82, 2.24) is 10.2 Å². The summed E-state index contributed by atoms with van der Waals surface area (Å²) in [6.07, 6.45) is 0.924. The summed E-state index contributed by atoms with van der Waals surface area (Å²) in [6, 6.07) is 12.0. The van der Waals surface area contributed by atoms with Crippen LogP contribution in [0, 0.1) is 0 Å². The van der Waals surface area contributed by atoms with Crippen molar-refractivity contribution in [3.05, 3.63) is 53.6 Å². The van der Waals surface area contributed by atoms with E-state index in [0.717, 1.165) is 16.9 Å². The average molecular weight is 423 g/mol. The smallest absolute Gasteiger partial charge is 0.325 e. The van der Waals surface area contributed by atoms with Crippen LogP contribution in [-0.2, 0) is 15.1 Å². The maximum atomic E-state index is 13.1. The van der Waals surface area contributed by atoms with E-state index in [1.165, 1.54) is 0 Å². The first-order valence-electron chi connectivity index (χ1n) is 10.3. The van der Waals surface area contributed by atoms with Crippen LogP contribution in [0.4, 0.5) is 10.5 Å². The Morgan fingerprint density at radius 2 is 1.94 bits per heavy atom. The molecule has 0 aromatic heterocycles. The number of hydrogen-bond donors (Lipinski definition) is 2. The van der Waals surface area contributed by atoms with Crippen molar-refractivity contribution in [1.29, 1.82) is 0 Å². The fraction of sp³-hybridized carbons (Fsp3) is 0.348. The quantitative estimate of drug-likeness (QED) is 0.695. The molecule has 4 rings (SSSR count). The number of para-hydroxylation sites is 1. The summed E-state index contributed by atoms with van der Waals surface area (Å²) < 4.78 is 10.7. The molecular formula is C23H25N3O5. The van der Waals surface area contributed by atoms with Gasteiger partial charge in [0, 0.05) is 5.69 Å². The molecule has 162 valence electrons. The van der Waals surface area contributed by atoms with E-state index in [0.29, 0.717) is 22.7 Å². The van der Waals surface area contributed by atoms with Gasteiger partial charge in [0.05, 0.1) is 0 Å². The number of amides is 4. The van der Waals surface area contributed by atoms with Crippen LogP contribution < -0.4 is 20.1 Å². The zero-order chi connectivity index (χ0) is 22.2. The maximum absolute atomic E-state index is 13.1. The van der Waals surface area contributed by atoms with Gasteiger partial charge in [-0.1, -0.05) is 38.1 Å². The molecule has 0 radical (unpaired) electrons. The van der Waals surface area contributed by atoms with Crippen LogP contribution in [0.1, 0.15) is 44.2 Å². The van der Waals surface area contributed by atoms with Gasteiger partial charge < -0.3 is 20.1 Å². The molecule has 2 aromatic rings. The Labute approximate surface area is 180 Å². The Bertz CT molecular complexity index is 1050. The van der Waals surface area contributed by atoms with Gasteiger partial charge in [0.15, 0.2) is 11.5 Å². The number of carbonyl (C=O) groups is 3. The lowest BCUT2D eigenvalue weighted by Crippen LogP contribution is -2.42. The number of fused-ring (bicyclic) bond motifs is 1. The van der Waals surface area contributed by atoms with Crippen LogP contribution in [0.3, 0.4) is 0 Å². The molecule has 0 aliphatic carbocycles.